The molecule has 0 spiro atoms. The van der Waals surface area contributed by atoms with Gasteiger partial charge < -0.3 is 14.6 Å². The number of rotatable bonds is 5. The van der Waals surface area contributed by atoms with Crippen LogP contribution in [0.3, 0.4) is 0 Å². The number of benzene rings is 1. The highest BCUT2D eigenvalue weighted by Gasteiger charge is 2.07. The second-order valence-electron chi connectivity index (χ2n) is 3.14. The summed E-state index contributed by atoms with van der Waals surface area (Å²) in [7, 11) is 3.15. The fourth-order valence-corrected chi connectivity index (χ4v) is 1.35. The highest BCUT2D eigenvalue weighted by Crippen LogP contribution is 2.19. The first-order valence-corrected chi connectivity index (χ1v) is 4.54. The first kappa shape index (κ1) is 11.5. The normalized spacial score (nSPS) is 10.0. The Bertz CT molecular complexity index is 346. The molecule has 15 heavy (non-hydrogen) atoms. The van der Waals surface area contributed by atoms with Crippen LogP contribution in [0.2, 0.25) is 0 Å². The van der Waals surface area contributed by atoms with Crippen LogP contribution in [0.4, 0.5) is 0 Å². The molecule has 82 valence electrons. The number of carboxylic acids is 1. The summed E-state index contributed by atoms with van der Waals surface area (Å²) in [6.45, 7) is 0.389. The first-order valence-electron chi connectivity index (χ1n) is 4.54. The molecule has 0 aliphatic carbocycles. The molecule has 1 aromatic carbocycles. The Labute approximate surface area is 88.4 Å². The van der Waals surface area contributed by atoms with Crippen LogP contribution in [0.5, 0.6) is 5.75 Å². The second-order valence-corrected chi connectivity index (χ2v) is 3.14. The van der Waals surface area contributed by atoms with E-state index < -0.39 is 5.97 Å². The molecule has 0 amide bonds. The highest BCUT2D eigenvalue weighted by atomic mass is 16.5. The maximum atomic E-state index is 10.6. The van der Waals surface area contributed by atoms with Crippen LogP contribution >= 0.6 is 0 Å². The van der Waals surface area contributed by atoms with E-state index in [0.717, 1.165) is 11.1 Å². The van der Waals surface area contributed by atoms with Crippen LogP contribution in [0.25, 0.3) is 0 Å². The Kier molecular flexibility index (Phi) is 4.12. The van der Waals surface area contributed by atoms with Crippen molar-refractivity contribution in [3.8, 4) is 5.75 Å². The fraction of sp³-hybridized carbons (Fsp3) is 0.364. The van der Waals surface area contributed by atoms with Crippen molar-refractivity contribution in [3.05, 3.63) is 29.3 Å². The minimum Gasteiger partial charge on any atom is -0.497 e. The number of carboxylic acid groups (broad SMARTS) is 1. The molecule has 1 aromatic rings. The topological polar surface area (TPSA) is 55.8 Å². The van der Waals surface area contributed by atoms with Gasteiger partial charge in [0.2, 0.25) is 0 Å². The van der Waals surface area contributed by atoms with E-state index in [0.29, 0.717) is 12.4 Å². The Morgan fingerprint density at radius 3 is 2.60 bits per heavy atom. The van der Waals surface area contributed by atoms with Crippen molar-refractivity contribution in [2.75, 3.05) is 14.2 Å². The Morgan fingerprint density at radius 2 is 2.07 bits per heavy atom. The van der Waals surface area contributed by atoms with Crippen LogP contribution in [-0.2, 0) is 22.6 Å². The predicted octanol–water partition coefficient (Wildman–Crippen LogP) is 1.47. The molecule has 0 bridgehead atoms. The standard InChI is InChI=1S/C11H14O4/c1-14-7-9-5-10(15-2)4-3-8(9)6-11(12)13/h3-5H,6-7H2,1-2H3,(H,12,13). The van der Waals surface area contributed by atoms with Crippen molar-refractivity contribution in [1.29, 1.82) is 0 Å². The molecule has 0 heterocycles. The van der Waals surface area contributed by atoms with Gasteiger partial charge >= 0.3 is 5.97 Å². The molecular formula is C11H14O4. The molecule has 0 fully saturated rings. The van der Waals surface area contributed by atoms with Gasteiger partial charge in [-0.3, -0.25) is 4.79 Å². The van der Waals surface area contributed by atoms with Crippen LogP contribution in [-0.4, -0.2) is 25.3 Å². The molecule has 0 aliphatic rings. The Hall–Kier alpha value is -1.55. The van der Waals surface area contributed by atoms with Gasteiger partial charge in [-0.15, -0.1) is 0 Å². The van der Waals surface area contributed by atoms with Crippen LogP contribution < -0.4 is 4.74 Å². The molecule has 0 aliphatic heterocycles. The van der Waals surface area contributed by atoms with Crippen molar-refractivity contribution >= 4 is 5.97 Å². The summed E-state index contributed by atoms with van der Waals surface area (Å²) in [6.07, 6.45) is 0.00267. The lowest BCUT2D eigenvalue weighted by molar-refractivity contribution is -0.136. The number of carbonyl (C=O) groups is 1. The summed E-state index contributed by atoms with van der Waals surface area (Å²) < 4.78 is 10.1. The average Bonchev–Trinajstić information content (AvgIpc) is 2.20. The molecule has 4 nitrogen and oxygen atoms in total. The quantitative estimate of drug-likeness (QED) is 0.799. The summed E-state index contributed by atoms with van der Waals surface area (Å²) in [5, 5.41) is 8.71. The third-order valence-corrected chi connectivity index (χ3v) is 2.05. The van der Waals surface area contributed by atoms with Crippen molar-refractivity contribution in [2.45, 2.75) is 13.0 Å². The maximum absolute atomic E-state index is 10.6. The van der Waals surface area contributed by atoms with Gasteiger partial charge in [0.15, 0.2) is 0 Å². The van der Waals surface area contributed by atoms with Crippen LogP contribution in [0.15, 0.2) is 18.2 Å². The summed E-state index contributed by atoms with van der Waals surface area (Å²) in [5.74, 6) is -0.145. The molecule has 0 radical (unpaired) electrons. The zero-order chi connectivity index (χ0) is 11.3. The molecule has 0 saturated carbocycles. The van der Waals surface area contributed by atoms with Crippen molar-refractivity contribution in [3.63, 3.8) is 0 Å². The zero-order valence-electron chi connectivity index (χ0n) is 8.82. The molecule has 0 atom stereocenters. The molecule has 0 saturated heterocycles. The first-order chi connectivity index (χ1) is 7.17. The van der Waals surface area contributed by atoms with Crippen LogP contribution in [0, 0.1) is 0 Å². The van der Waals surface area contributed by atoms with E-state index in [-0.39, 0.29) is 6.42 Å². The van der Waals surface area contributed by atoms with E-state index >= 15 is 0 Å². The van der Waals surface area contributed by atoms with Crippen LogP contribution in [0.1, 0.15) is 11.1 Å². The van der Waals surface area contributed by atoms with E-state index in [9.17, 15) is 4.79 Å². The predicted molar refractivity (Wildman–Crippen MR) is 55.0 cm³/mol. The molecular weight excluding hydrogens is 196 g/mol. The number of aliphatic carboxylic acids is 1. The summed E-state index contributed by atoms with van der Waals surface area (Å²) in [4.78, 5) is 10.6. The van der Waals surface area contributed by atoms with E-state index in [1.807, 2.05) is 0 Å². The smallest absolute Gasteiger partial charge is 0.307 e. The van der Waals surface area contributed by atoms with Gasteiger partial charge in [0, 0.05) is 7.11 Å². The Balaban J connectivity index is 2.97. The number of hydrogen-bond acceptors (Lipinski definition) is 3. The summed E-state index contributed by atoms with van der Waals surface area (Å²) in [5.41, 5.74) is 1.60. The molecule has 0 unspecified atom stereocenters. The van der Waals surface area contributed by atoms with Gasteiger partial charge in [-0.1, -0.05) is 6.07 Å². The third kappa shape index (κ3) is 3.25. The lowest BCUT2D eigenvalue weighted by Crippen LogP contribution is -2.04. The highest BCUT2D eigenvalue weighted by molar-refractivity contribution is 5.70. The van der Waals surface area contributed by atoms with E-state index in [4.69, 9.17) is 14.6 Å². The minimum atomic E-state index is -0.850. The fourth-order valence-electron chi connectivity index (χ4n) is 1.35. The minimum absolute atomic E-state index is 0.00267. The van der Waals surface area contributed by atoms with Gasteiger partial charge in [0.25, 0.3) is 0 Å². The molecule has 1 N–H and O–H groups in total. The summed E-state index contributed by atoms with van der Waals surface area (Å²) >= 11 is 0. The van der Waals surface area contributed by atoms with E-state index in [2.05, 4.69) is 0 Å². The van der Waals surface area contributed by atoms with Crippen molar-refractivity contribution in [2.24, 2.45) is 0 Å². The van der Waals surface area contributed by atoms with Gasteiger partial charge in [-0.05, 0) is 23.3 Å². The summed E-state index contributed by atoms with van der Waals surface area (Å²) in [6, 6.07) is 5.29. The maximum Gasteiger partial charge on any atom is 0.307 e. The third-order valence-electron chi connectivity index (χ3n) is 2.05. The number of hydrogen-bond donors (Lipinski definition) is 1. The molecule has 1 rings (SSSR count). The number of ether oxygens (including phenoxy) is 2. The second kappa shape index (κ2) is 5.36. The van der Waals surface area contributed by atoms with E-state index in [1.165, 1.54) is 0 Å². The molecule has 4 heteroatoms. The lowest BCUT2D eigenvalue weighted by atomic mass is 10.0. The van der Waals surface area contributed by atoms with E-state index in [1.54, 1.807) is 32.4 Å². The van der Waals surface area contributed by atoms with Gasteiger partial charge in [0.05, 0.1) is 20.1 Å². The van der Waals surface area contributed by atoms with Gasteiger partial charge in [0.1, 0.15) is 5.75 Å². The van der Waals surface area contributed by atoms with Gasteiger partial charge in [-0.2, -0.15) is 0 Å². The monoisotopic (exact) mass is 210 g/mol. The largest absolute Gasteiger partial charge is 0.497 e. The van der Waals surface area contributed by atoms with Crippen molar-refractivity contribution in [1.82, 2.24) is 0 Å². The Morgan fingerprint density at radius 1 is 1.33 bits per heavy atom. The lowest BCUT2D eigenvalue weighted by Gasteiger charge is -2.09. The number of methoxy groups -OCH3 is 2. The van der Waals surface area contributed by atoms with Crippen molar-refractivity contribution < 1.29 is 19.4 Å². The molecule has 0 aromatic heterocycles. The van der Waals surface area contributed by atoms with Gasteiger partial charge in [-0.25, -0.2) is 0 Å². The zero-order valence-corrected chi connectivity index (χ0v) is 8.82. The average molecular weight is 210 g/mol. The SMILES string of the molecule is COCc1cc(OC)ccc1CC(=O)O.